The van der Waals surface area contributed by atoms with Gasteiger partial charge in [0.2, 0.25) is 0 Å². The summed E-state index contributed by atoms with van der Waals surface area (Å²) in [4.78, 5) is 0. The summed E-state index contributed by atoms with van der Waals surface area (Å²) in [6, 6.07) is 22.6. The first kappa shape index (κ1) is 14.6. The summed E-state index contributed by atoms with van der Waals surface area (Å²) in [5, 5.41) is 6.58. The first-order chi connectivity index (χ1) is 11.3. The molecule has 1 aliphatic heterocycles. The van der Waals surface area contributed by atoms with Crippen molar-refractivity contribution >= 4 is 22.4 Å². The van der Waals surface area contributed by atoms with Crippen LogP contribution in [-0.2, 0) is 0 Å². The molecule has 0 bridgehead atoms. The molecule has 1 fully saturated rings. The maximum absolute atomic E-state index is 6.31. The van der Waals surface area contributed by atoms with Crippen molar-refractivity contribution in [3.8, 4) is 5.75 Å². The molecule has 23 heavy (non-hydrogen) atoms. The van der Waals surface area contributed by atoms with Crippen molar-refractivity contribution in [2.75, 3.05) is 13.1 Å². The quantitative estimate of drug-likeness (QED) is 0.742. The molecule has 3 aromatic carbocycles. The molecule has 1 N–H and O–H groups in total. The zero-order chi connectivity index (χ0) is 15.6. The van der Waals surface area contributed by atoms with Crippen LogP contribution in [-0.4, -0.2) is 13.1 Å². The van der Waals surface area contributed by atoms with Gasteiger partial charge in [0.15, 0.2) is 0 Å². The highest BCUT2D eigenvalue weighted by Crippen LogP contribution is 2.32. The van der Waals surface area contributed by atoms with Crippen molar-refractivity contribution in [1.82, 2.24) is 5.32 Å². The van der Waals surface area contributed by atoms with Gasteiger partial charge in [-0.1, -0.05) is 48.0 Å². The molecule has 0 aromatic heterocycles. The van der Waals surface area contributed by atoms with E-state index in [0.717, 1.165) is 23.9 Å². The highest BCUT2D eigenvalue weighted by atomic mass is 35.5. The average Bonchev–Trinajstić information content (AvgIpc) is 2.54. The van der Waals surface area contributed by atoms with Crippen LogP contribution in [0.5, 0.6) is 5.75 Å². The Hall–Kier alpha value is -2.03. The predicted octanol–water partition coefficient (Wildman–Crippen LogP) is 4.83. The molecule has 2 nitrogen and oxygen atoms in total. The lowest BCUT2D eigenvalue weighted by atomic mass is 9.89. The first-order valence-electron chi connectivity index (χ1n) is 7.91. The number of hydrogen-bond donors (Lipinski definition) is 1. The van der Waals surface area contributed by atoms with Crippen molar-refractivity contribution in [2.24, 2.45) is 5.92 Å². The van der Waals surface area contributed by atoms with Gasteiger partial charge in [0, 0.05) is 24.0 Å². The maximum atomic E-state index is 6.31. The lowest BCUT2D eigenvalue weighted by Crippen LogP contribution is -2.46. The number of rotatable bonds is 4. The van der Waals surface area contributed by atoms with Gasteiger partial charge in [-0.3, -0.25) is 0 Å². The number of nitrogens with one attached hydrogen (secondary N) is 1. The van der Waals surface area contributed by atoms with E-state index in [1.807, 2.05) is 24.3 Å². The second-order valence-corrected chi connectivity index (χ2v) is 6.45. The van der Waals surface area contributed by atoms with Gasteiger partial charge in [-0.15, -0.1) is 0 Å². The molecule has 0 aliphatic carbocycles. The third-order valence-corrected chi connectivity index (χ3v) is 4.67. The Morgan fingerprint density at radius 2 is 1.65 bits per heavy atom. The van der Waals surface area contributed by atoms with E-state index in [9.17, 15) is 0 Å². The number of halogens is 1. The first-order valence-corrected chi connectivity index (χ1v) is 8.29. The second-order valence-electron chi connectivity index (χ2n) is 6.02. The second kappa shape index (κ2) is 6.23. The van der Waals surface area contributed by atoms with E-state index in [2.05, 4.69) is 47.8 Å². The van der Waals surface area contributed by atoms with Gasteiger partial charge in [-0.05, 0) is 46.7 Å². The van der Waals surface area contributed by atoms with E-state index in [1.165, 1.54) is 16.3 Å². The van der Waals surface area contributed by atoms with Gasteiger partial charge in [0.05, 0.1) is 0 Å². The monoisotopic (exact) mass is 323 g/mol. The van der Waals surface area contributed by atoms with Crippen molar-refractivity contribution < 1.29 is 4.74 Å². The van der Waals surface area contributed by atoms with E-state index in [1.54, 1.807) is 0 Å². The Morgan fingerprint density at radius 3 is 2.35 bits per heavy atom. The number of ether oxygens (including phenoxy) is 1. The normalized spacial score (nSPS) is 16.0. The van der Waals surface area contributed by atoms with Gasteiger partial charge in [-0.25, -0.2) is 0 Å². The van der Waals surface area contributed by atoms with Crippen LogP contribution in [0.3, 0.4) is 0 Å². The smallest absolute Gasteiger partial charge is 0.129 e. The molecule has 3 aromatic rings. The zero-order valence-corrected chi connectivity index (χ0v) is 13.5. The maximum Gasteiger partial charge on any atom is 0.129 e. The minimum absolute atomic E-state index is 0.0574. The summed E-state index contributed by atoms with van der Waals surface area (Å²) >= 11 is 5.97. The molecule has 1 heterocycles. The lowest BCUT2D eigenvalue weighted by Gasteiger charge is -2.35. The topological polar surface area (TPSA) is 21.3 Å². The number of hydrogen-bond acceptors (Lipinski definition) is 2. The number of fused-ring (bicyclic) bond motifs is 1. The minimum Gasteiger partial charge on any atom is -0.485 e. The standard InChI is InChI=1S/C20H18ClNO/c21-18-7-9-19(10-8-18)23-20(17-12-22-13-17)16-6-5-14-3-1-2-4-15(14)11-16/h1-11,17,20,22H,12-13H2. The third kappa shape index (κ3) is 3.05. The SMILES string of the molecule is Clc1ccc(OC(c2ccc3ccccc3c2)C2CNC2)cc1. The van der Waals surface area contributed by atoms with Crippen LogP contribution in [0.25, 0.3) is 10.8 Å². The Balaban J connectivity index is 1.67. The Bertz CT molecular complexity index is 811. The van der Waals surface area contributed by atoms with Crippen molar-refractivity contribution in [3.63, 3.8) is 0 Å². The molecule has 4 rings (SSSR count). The van der Waals surface area contributed by atoms with Crippen LogP contribution < -0.4 is 10.1 Å². The van der Waals surface area contributed by atoms with E-state index >= 15 is 0 Å². The molecule has 116 valence electrons. The highest BCUT2D eigenvalue weighted by Gasteiger charge is 2.30. The fourth-order valence-corrected chi connectivity index (χ4v) is 3.13. The summed E-state index contributed by atoms with van der Waals surface area (Å²) in [7, 11) is 0. The molecule has 0 radical (unpaired) electrons. The summed E-state index contributed by atoms with van der Waals surface area (Å²) in [5.74, 6) is 1.35. The molecule has 1 atom stereocenters. The highest BCUT2D eigenvalue weighted by molar-refractivity contribution is 6.30. The molecule has 1 aliphatic rings. The van der Waals surface area contributed by atoms with Crippen LogP contribution in [0, 0.1) is 5.92 Å². The Labute approximate surface area is 141 Å². The predicted molar refractivity (Wildman–Crippen MR) is 95.1 cm³/mol. The average molecular weight is 324 g/mol. The van der Waals surface area contributed by atoms with Crippen LogP contribution >= 0.6 is 11.6 Å². The fourth-order valence-electron chi connectivity index (χ4n) is 3.01. The third-order valence-electron chi connectivity index (χ3n) is 4.42. The van der Waals surface area contributed by atoms with Gasteiger partial charge >= 0.3 is 0 Å². The Kier molecular flexibility index (Phi) is 3.94. The van der Waals surface area contributed by atoms with E-state index in [-0.39, 0.29) is 6.10 Å². The van der Waals surface area contributed by atoms with Gasteiger partial charge < -0.3 is 10.1 Å². The summed E-state index contributed by atoms with van der Waals surface area (Å²) in [5.41, 5.74) is 1.23. The Morgan fingerprint density at radius 1 is 0.913 bits per heavy atom. The summed E-state index contributed by atoms with van der Waals surface area (Å²) in [6.45, 7) is 1.98. The van der Waals surface area contributed by atoms with Crippen molar-refractivity contribution in [1.29, 1.82) is 0 Å². The summed E-state index contributed by atoms with van der Waals surface area (Å²) in [6.07, 6.45) is 0.0574. The van der Waals surface area contributed by atoms with Crippen LogP contribution in [0.4, 0.5) is 0 Å². The molecular weight excluding hydrogens is 306 g/mol. The lowest BCUT2D eigenvalue weighted by molar-refractivity contribution is 0.0994. The van der Waals surface area contributed by atoms with Gasteiger partial charge in [0.1, 0.15) is 11.9 Å². The fraction of sp³-hybridized carbons (Fsp3) is 0.200. The van der Waals surface area contributed by atoms with Crippen LogP contribution in [0.1, 0.15) is 11.7 Å². The van der Waals surface area contributed by atoms with Crippen LogP contribution in [0.2, 0.25) is 5.02 Å². The van der Waals surface area contributed by atoms with Crippen LogP contribution in [0.15, 0.2) is 66.7 Å². The minimum atomic E-state index is 0.0574. The molecular formula is C20H18ClNO. The largest absolute Gasteiger partial charge is 0.485 e. The van der Waals surface area contributed by atoms with Gasteiger partial charge in [-0.2, -0.15) is 0 Å². The molecule has 0 amide bonds. The summed E-state index contributed by atoms with van der Waals surface area (Å²) < 4.78 is 6.31. The van der Waals surface area contributed by atoms with Crippen molar-refractivity contribution in [3.05, 3.63) is 77.3 Å². The molecule has 0 spiro atoms. The zero-order valence-electron chi connectivity index (χ0n) is 12.7. The molecule has 1 saturated heterocycles. The van der Waals surface area contributed by atoms with Crippen molar-refractivity contribution in [2.45, 2.75) is 6.10 Å². The van der Waals surface area contributed by atoms with E-state index in [0.29, 0.717) is 5.92 Å². The van der Waals surface area contributed by atoms with E-state index in [4.69, 9.17) is 16.3 Å². The molecule has 1 unspecified atom stereocenters. The molecule has 3 heteroatoms. The molecule has 0 saturated carbocycles. The number of benzene rings is 3. The van der Waals surface area contributed by atoms with Gasteiger partial charge in [0.25, 0.3) is 0 Å². The van der Waals surface area contributed by atoms with E-state index < -0.39 is 0 Å².